The predicted molar refractivity (Wildman–Crippen MR) is 44.2 cm³/mol. The van der Waals surface area contributed by atoms with E-state index in [1.807, 2.05) is 0 Å². The normalized spacial score (nSPS) is 13.2. The average molecular weight is 209 g/mol. The maximum atomic E-state index is 12.1. The van der Waals surface area contributed by atoms with Crippen molar-refractivity contribution in [2.24, 2.45) is 0 Å². The highest BCUT2D eigenvalue weighted by Crippen LogP contribution is 2.27. The van der Waals surface area contributed by atoms with E-state index in [1.165, 1.54) is 6.92 Å². The number of esters is 1. The van der Waals surface area contributed by atoms with E-state index < -0.39 is 23.3 Å². The molecule has 0 radical (unpaired) electrons. The summed E-state index contributed by atoms with van der Waals surface area (Å²) in [5.74, 6) is -1.13. The molecule has 14 heavy (non-hydrogen) atoms. The molecule has 6 heteroatoms. The Morgan fingerprint density at radius 3 is 2.29 bits per heavy atom. The second-order valence-electron chi connectivity index (χ2n) is 2.40. The lowest BCUT2D eigenvalue weighted by atomic mass is 10.1. The van der Waals surface area contributed by atoms with Crippen LogP contribution in [0.2, 0.25) is 0 Å². The van der Waals surface area contributed by atoms with Crippen LogP contribution in [0.3, 0.4) is 0 Å². The minimum atomic E-state index is -4.61. The van der Waals surface area contributed by atoms with Crippen LogP contribution < -0.4 is 0 Å². The Labute approximate surface area is 79.1 Å². The quantitative estimate of drug-likeness (QED) is 0.439. The van der Waals surface area contributed by atoms with E-state index in [2.05, 4.69) is 4.74 Å². The lowest BCUT2D eigenvalue weighted by molar-refractivity contribution is -0.139. The fourth-order valence-corrected chi connectivity index (χ4v) is 0.682. The fraction of sp³-hybridized carbons (Fsp3) is 0.500. The van der Waals surface area contributed by atoms with Gasteiger partial charge in [0.1, 0.15) is 0 Å². The van der Waals surface area contributed by atoms with Crippen LogP contribution in [0, 0.1) is 5.41 Å². The number of carbonyl (C=O) groups is 1. The van der Waals surface area contributed by atoms with Gasteiger partial charge >= 0.3 is 12.1 Å². The van der Waals surface area contributed by atoms with Crippen LogP contribution in [-0.4, -0.2) is 25.0 Å². The van der Waals surface area contributed by atoms with Gasteiger partial charge in [0, 0.05) is 11.8 Å². The molecule has 0 atom stereocenters. The molecule has 1 N–H and O–H groups in total. The summed E-state index contributed by atoms with van der Waals surface area (Å²) in [6.07, 6.45) is -4.26. The van der Waals surface area contributed by atoms with Crippen molar-refractivity contribution in [3.8, 4) is 0 Å². The van der Waals surface area contributed by atoms with Gasteiger partial charge in [-0.15, -0.1) is 0 Å². The second-order valence-corrected chi connectivity index (χ2v) is 2.40. The maximum absolute atomic E-state index is 12.1. The van der Waals surface area contributed by atoms with Gasteiger partial charge in [0.15, 0.2) is 0 Å². The lowest BCUT2D eigenvalue weighted by Gasteiger charge is -2.10. The Morgan fingerprint density at radius 2 is 2.00 bits per heavy atom. The molecule has 0 fully saturated rings. The Balaban J connectivity index is 5.04. The number of hydrogen-bond donors (Lipinski definition) is 1. The monoisotopic (exact) mass is 209 g/mol. The molecule has 0 aliphatic carbocycles. The molecule has 0 spiro atoms. The van der Waals surface area contributed by atoms with Crippen LogP contribution >= 0.6 is 0 Å². The highest BCUT2D eigenvalue weighted by atomic mass is 19.4. The van der Waals surface area contributed by atoms with Gasteiger partial charge in [-0.1, -0.05) is 0 Å². The third kappa shape index (κ3) is 3.20. The Kier molecular flexibility index (Phi) is 4.33. The number of carbonyl (C=O) groups excluding carboxylic acids is 1. The first-order chi connectivity index (χ1) is 6.34. The molecule has 0 aromatic heterocycles. The predicted octanol–water partition coefficient (Wildman–Crippen LogP) is 2.08. The van der Waals surface area contributed by atoms with E-state index in [9.17, 15) is 18.0 Å². The molecule has 0 aliphatic rings. The molecule has 0 amide bonds. The molecular formula is C8H10F3NO2. The lowest BCUT2D eigenvalue weighted by Crippen LogP contribution is -2.18. The van der Waals surface area contributed by atoms with Crippen molar-refractivity contribution in [3.05, 3.63) is 11.1 Å². The van der Waals surface area contributed by atoms with Crippen molar-refractivity contribution in [3.63, 3.8) is 0 Å². The second kappa shape index (κ2) is 4.78. The first-order valence-electron chi connectivity index (χ1n) is 3.80. The van der Waals surface area contributed by atoms with Crippen molar-refractivity contribution < 1.29 is 22.7 Å². The van der Waals surface area contributed by atoms with Crippen molar-refractivity contribution in [1.82, 2.24) is 0 Å². The summed E-state index contributed by atoms with van der Waals surface area (Å²) in [6.45, 7) is 2.18. The summed E-state index contributed by atoms with van der Waals surface area (Å²) < 4.78 is 40.7. The molecule has 3 nitrogen and oxygen atoms in total. The minimum absolute atomic E-state index is 0.0265. The van der Waals surface area contributed by atoms with Gasteiger partial charge in [-0.05, 0) is 13.8 Å². The molecule has 0 heterocycles. The number of alkyl halides is 3. The molecule has 80 valence electrons. The van der Waals surface area contributed by atoms with Gasteiger partial charge < -0.3 is 10.1 Å². The highest BCUT2D eigenvalue weighted by molar-refractivity contribution is 6.09. The van der Waals surface area contributed by atoms with Crippen molar-refractivity contribution in [2.75, 3.05) is 6.61 Å². The molecule has 0 bridgehead atoms. The van der Waals surface area contributed by atoms with Crippen LogP contribution in [0.1, 0.15) is 13.8 Å². The van der Waals surface area contributed by atoms with Crippen LogP contribution in [0.4, 0.5) is 13.2 Å². The van der Waals surface area contributed by atoms with Crippen molar-refractivity contribution in [1.29, 1.82) is 5.41 Å². The molecule has 0 aliphatic heterocycles. The highest BCUT2D eigenvalue weighted by Gasteiger charge is 2.34. The van der Waals surface area contributed by atoms with Crippen LogP contribution in [0.5, 0.6) is 0 Å². The van der Waals surface area contributed by atoms with E-state index >= 15 is 0 Å². The molecule has 0 rings (SSSR count). The molecule has 0 aromatic carbocycles. The summed E-state index contributed by atoms with van der Waals surface area (Å²) in [5.41, 5.74) is -1.88. The summed E-state index contributed by atoms with van der Waals surface area (Å²) in [5, 5.41) is 6.70. The average Bonchev–Trinajstić information content (AvgIpc) is 2.04. The summed E-state index contributed by atoms with van der Waals surface area (Å²) in [6, 6.07) is 0. The number of halogens is 3. The van der Waals surface area contributed by atoms with Crippen molar-refractivity contribution >= 4 is 12.2 Å². The number of hydrogen-bond acceptors (Lipinski definition) is 3. The fourth-order valence-electron chi connectivity index (χ4n) is 0.682. The molecule has 0 aromatic rings. The number of allylic oxidation sites excluding steroid dienone is 1. The van der Waals surface area contributed by atoms with Gasteiger partial charge in [0.05, 0.1) is 12.2 Å². The van der Waals surface area contributed by atoms with Gasteiger partial charge in [0.25, 0.3) is 0 Å². The van der Waals surface area contributed by atoms with E-state index in [4.69, 9.17) is 5.41 Å². The molecule has 0 saturated carbocycles. The first kappa shape index (κ1) is 12.7. The van der Waals surface area contributed by atoms with E-state index in [-0.39, 0.29) is 6.61 Å². The maximum Gasteiger partial charge on any atom is 0.413 e. The zero-order chi connectivity index (χ0) is 11.4. The third-order valence-electron chi connectivity index (χ3n) is 1.47. The SMILES string of the molecule is CCOC(=O)/C(C=N)=C(/C)C(F)(F)F. The zero-order valence-electron chi connectivity index (χ0n) is 7.73. The topological polar surface area (TPSA) is 50.2 Å². The van der Waals surface area contributed by atoms with Gasteiger partial charge in [-0.2, -0.15) is 13.2 Å². The van der Waals surface area contributed by atoms with Gasteiger partial charge in [-0.25, -0.2) is 4.79 Å². The van der Waals surface area contributed by atoms with E-state index in [0.29, 0.717) is 6.21 Å². The van der Waals surface area contributed by atoms with E-state index in [1.54, 1.807) is 0 Å². The molecule has 0 unspecified atom stereocenters. The summed E-state index contributed by atoms with van der Waals surface area (Å²) >= 11 is 0. The van der Waals surface area contributed by atoms with Crippen LogP contribution in [0.25, 0.3) is 0 Å². The minimum Gasteiger partial charge on any atom is -0.462 e. The zero-order valence-corrected chi connectivity index (χ0v) is 7.73. The summed E-state index contributed by atoms with van der Waals surface area (Å²) in [7, 11) is 0. The third-order valence-corrected chi connectivity index (χ3v) is 1.47. The number of ether oxygens (including phenoxy) is 1. The summed E-state index contributed by atoms with van der Waals surface area (Å²) in [4.78, 5) is 10.9. The Bertz CT molecular complexity index is 268. The number of nitrogens with one attached hydrogen (secondary N) is 1. The Hall–Kier alpha value is -1.33. The molecular weight excluding hydrogens is 199 g/mol. The smallest absolute Gasteiger partial charge is 0.413 e. The van der Waals surface area contributed by atoms with Gasteiger partial charge in [0.2, 0.25) is 0 Å². The van der Waals surface area contributed by atoms with Crippen LogP contribution in [-0.2, 0) is 9.53 Å². The van der Waals surface area contributed by atoms with Crippen molar-refractivity contribution in [2.45, 2.75) is 20.0 Å². The van der Waals surface area contributed by atoms with E-state index in [0.717, 1.165) is 6.92 Å². The standard InChI is InChI=1S/C8H10F3NO2/c1-3-14-7(13)6(4-12)5(2)8(9,10)11/h4,12H,3H2,1-2H3/b6-5-,12-4?. The van der Waals surface area contributed by atoms with Crippen LogP contribution in [0.15, 0.2) is 11.1 Å². The molecule has 0 saturated heterocycles. The Morgan fingerprint density at radius 1 is 1.50 bits per heavy atom. The first-order valence-corrected chi connectivity index (χ1v) is 3.80. The number of rotatable bonds is 3. The van der Waals surface area contributed by atoms with Gasteiger partial charge in [-0.3, -0.25) is 0 Å². The largest absolute Gasteiger partial charge is 0.462 e.